The fraction of sp³-hybridized carbons (Fsp3) is 0.467. The Kier molecular flexibility index (Phi) is 3.61. The molecule has 1 aromatic rings. The maximum Gasteiger partial charge on any atom is 0.326 e. The number of nitrogens with zero attached hydrogens (tertiary/aromatic N) is 1. The van der Waals surface area contributed by atoms with Crippen LogP contribution in [-0.2, 0) is 4.79 Å². The second-order valence-electron chi connectivity index (χ2n) is 5.72. The smallest absolute Gasteiger partial charge is 0.326 e. The minimum absolute atomic E-state index is 0.0300. The van der Waals surface area contributed by atoms with Gasteiger partial charge in [-0.25, -0.2) is 9.18 Å². The van der Waals surface area contributed by atoms with Gasteiger partial charge in [-0.2, -0.15) is 0 Å². The predicted molar refractivity (Wildman–Crippen MR) is 74.7 cm³/mol. The number of fused-ring (bicyclic) bond motifs is 1. The molecular formula is C15H15ClFNO3. The number of halogens is 2. The number of amides is 1. The fourth-order valence-corrected chi connectivity index (χ4v) is 3.81. The third-order valence-corrected chi connectivity index (χ3v) is 4.86. The highest BCUT2D eigenvalue weighted by molar-refractivity contribution is 6.31. The van der Waals surface area contributed by atoms with E-state index in [4.69, 9.17) is 11.6 Å². The van der Waals surface area contributed by atoms with E-state index in [-0.39, 0.29) is 22.4 Å². The summed E-state index contributed by atoms with van der Waals surface area (Å²) in [5.74, 6) is -1.67. The van der Waals surface area contributed by atoms with Crippen molar-refractivity contribution in [2.75, 3.05) is 6.54 Å². The summed E-state index contributed by atoms with van der Waals surface area (Å²) >= 11 is 5.70. The van der Waals surface area contributed by atoms with Crippen LogP contribution < -0.4 is 0 Å². The molecule has 4 nitrogen and oxygen atoms in total. The number of carbonyl (C=O) groups is 2. The second kappa shape index (κ2) is 5.30. The van der Waals surface area contributed by atoms with Crippen LogP contribution in [0.5, 0.6) is 0 Å². The molecule has 1 N–H and O–H groups in total. The van der Waals surface area contributed by atoms with Crippen molar-refractivity contribution in [2.24, 2.45) is 11.8 Å². The molecule has 2 aliphatic rings. The van der Waals surface area contributed by atoms with E-state index in [2.05, 4.69) is 0 Å². The summed E-state index contributed by atoms with van der Waals surface area (Å²) in [4.78, 5) is 25.5. The van der Waals surface area contributed by atoms with Crippen molar-refractivity contribution < 1.29 is 19.1 Å². The van der Waals surface area contributed by atoms with Gasteiger partial charge in [-0.05, 0) is 42.9 Å². The molecule has 21 heavy (non-hydrogen) atoms. The SMILES string of the molecule is O=C(O)C1C2CCCC2CN1C(=O)c1ccc(F)c(Cl)c1. The number of rotatable bonds is 2. The molecular weight excluding hydrogens is 297 g/mol. The molecule has 2 fully saturated rings. The zero-order valence-electron chi connectivity index (χ0n) is 11.3. The number of carbonyl (C=O) groups excluding carboxylic acids is 1. The quantitative estimate of drug-likeness (QED) is 0.913. The number of benzene rings is 1. The van der Waals surface area contributed by atoms with E-state index in [1.54, 1.807) is 0 Å². The topological polar surface area (TPSA) is 57.6 Å². The van der Waals surface area contributed by atoms with Crippen LogP contribution >= 0.6 is 11.6 Å². The Bertz CT molecular complexity index is 607. The molecule has 1 saturated heterocycles. The molecule has 0 bridgehead atoms. The van der Waals surface area contributed by atoms with Crippen molar-refractivity contribution in [3.8, 4) is 0 Å². The monoisotopic (exact) mass is 311 g/mol. The Morgan fingerprint density at radius 3 is 2.76 bits per heavy atom. The van der Waals surface area contributed by atoms with Gasteiger partial charge in [-0.15, -0.1) is 0 Å². The molecule has 3 atom stereocenters. The third-order valence-electron chi connectivity index (χ3n) is 4.57. The van der Waals surface area contributed by atoms with Gasteiger partial charge in [0.25, 0.3) is 5.91 Å². The first-order valence-electron chi connectivity index (χ1n) is 6.98. The Labute approximate surface area is 126 Å². The van der Waals surface area contributed by atoms with E-state index in [9.17, 15) is 19.1 Å². The first kappa shape index (κ1) is 14.3. The van der Waals surface area contributed by atoms with Gasteiger partial charge in [0.15, 0.2) is 0 Å². The van der Waals surface area contributed by atoms with Crippen LogP contribution in [0.3, 0.4) is 0 Å². The highest BCUT2D eigenvalue weighted by Gasteiger charge is 2.49. The van der Waals surface area contributed by atoms with Gasteiger partial charge < -0.3 is 10.0 Å². The van der Waals surface area contributed by atoms with Gasteiger partial charge >= 0.3 is 5.97 Å². The summed E-state index contributed by atoms with van der Waals surface area (Å²) in [5, 5.41) is 9.31. The largest absolute Gasteiger partial charge is 0.480 e. The Morgan fingerprint density at radius 1 is 1.33 bits per heavy atom. The van der Waals surface area contributed by atoms with E-state index in [1.165, 1.54) is 17.0 Å². The standard InChI is InChI=1S/C15H15ClFNO3/c16-11-6-8(4-5-12(11)17)14(19)18-7-9-2-1-3-10(9)13(18)15(20)21/h4-6,9-10,13H,1-3,7H2,(H,20,21). The summed E-state index contributed by atoms with van der Waals surface area (Å²) in [6, 6.07) is 2.94. The molecule has 3 rings (SSSR count). The van der Waals surface area contributed by atoms with E-state index in [0.29, 0.717) is 6.54 Å². The highest BCUT2D eigenvalue weighted by Crippen LogP contribution is 2.42. The van der Waals surface area contributed by atoms with Crippen LogP contribution in [0.25, 0.3) is 0 Å². The van der Waals surface area contributed by atoms with Crippen molar-refractivity contribution in [3.05, 3.63) is 34.6 Å². The minimum atomic E-state index is -0.967. The molecule has 112 valence electrons. The molecule has 1 heterocycles. The van der Waals surface area contributed by atoms with Crippen molar-refractivity contribution >= 4 is 23.5 Å². The van der Waals surface area contributed by atoms with Crippen molar-refractivity contribution in [1.82, 2.24) is 4.90 Å². The van der Waals surface area contributed by atoms with Gasteiger partial charge in [0.05, 0.1) is 5.02 Å². The van der Waals surface area contributed by atoms with Crippen LogP contribution in [0.2, 0.25) is 5.02 Å². The number of carboxylic acid groups (broad SMARTS) is 1. The molecule has 3 unspecified atom stereocenters. The fourth-order valence-electron chi connectivity index (χ4n) is 3.63. The van der Waals surface area contributed by atoms with Crippen LogP contribution in [0, 0.1) is 17.7 Å². The zero-order chi connectivity index (χ0) is 15.1. The molecule has 1 saturated carbocycles. The maximum atomic E-state index is 13.2. The average Bonchev–Trinajstić information content (AvgIpc) is 3.00. The predicted octanol–water partition coefficient (Wildman–Crippen LogP) is 2.80. The van der Waals surface area contributed by atoms with Gasteiger partial charge in [0.1, 0.15) is 11.9 Å². The number of hydrogen-bond acceptors (Lipinski definition) is 2. The Balaban J connectivity index is 1.89. The van der Waals surface area contributed by atoms with E-state index < -0.39 is 23.7 Å². The summed E-state index contributed by atoms with van der Waals surface area (Å²) in [6.07, 6.45) is 2.82. The lowest BCUT2D eigenvalue weighted by Crippen LogP contribution is -2.43. The van der Waals surface area contributed by atoms with Crippen molar-refractivity contribution in [1.29, 1.82) is 0 Å². The summed E-state index contributed by atoms with van der Waals surface area (Å²) < 4.78 is 13.2. The lowest BCUT2D eigenvalue weighted by atomic mass is 9.94. The maximum absolute atomic E-state index is 13.2. The normalized spacial score (nSPS) is 27.7. The number of hydrogen-bond donors (Lipinski definition) is 1. The van der Waals surface area contributed by atoms with Crippen LogP contribution in [-0.4, -0.2) is 34.5 Å². The molecule has 0 aromatic heterocycles. The van der Waals surface area contributed by atoms with Crippen molar-refractivity contribution in [3.63, 3.8) is 0 Å². The van der Waals surface area contributed by atoms with Crippen LogP contribution in [0.15, 0.2) is 18.2 Å². The molecule has 1 aromatic carbocycles. The number of likely N-dealkylation sites (tertiary alicyclic amines) is 1. The molecule has 0 spiro atoms. The molecule has 1 aliphatic heterocycles. The molecule has 1 aliphatic carbocycles. The lowest BCUT2D eigenvalue weighted by molar-refractivity contribution is -0.142. The van der Waals surface area contributed by atoms with Gasteiger partial charge in [0.2, 0.25) is 0 Å². The number of carboxylic acids is 1. The van der Waals surface area contributed by atoms with Crippen LogP contribution in [0.1, 0.15) is 29.6 Å². The Morgan fingerprint density at radius 2 is 2.10 bits per heavy atom. The van der Waals surface area contributed by atoms with E-state index >= 15 is 0 Å². The third kappa shape index (κ3) is 2.39. The lowest BCUT2D eigenvalue weighted by Gasteiger charge is -2.24. The first-order valence-corrected chi connectivity index (χ1v) is 7.35. The first-order chi connectivity index (χ1) is 9.99. The Hall–Kier alpha value is -1.62. The van der Waals surface area contributed by atoms with Crippen molar-refractivity contribution in [2.45, 2.75) is 25.3 Å². The minimum Gasteiger partial charge on any atom is -0.480 e. The number of aliphatic carboxylic acids is 1. The van der Waals surface area contributed by atoms with Gasteiger partial charge in [0, 0.05) is 12.1 Å². The van der Waals surface area contributed by atoms with Gasteiger partial charge in [-0.3, -0.25) is 4.79 Å². The summed E-state index contributed by atoms with van der Waals surface area (Å²) in [5.41, 5.74) is 0.229. The summed E-state index contributed by atoms with van der Waals surface area (Å²) in [6.45, 7) is 0.454. The molecule has 0 radical (unpaired) electrons. The van der Waals surface area contributed by atoms with E-state index in [0.717, 1.165) is 25.3 Å². The average molecular weight is 312 g/mol. The molecule has 1 amide bonds. The van der Waals surface area contributed by atoms with Crippen LogP contribution in [0.4, 0.5) is 4.39 Å². The summed E-state index contributed by atoms with van der Waals surface area (Å²) in [7, 11) is 0. The molecule has 6 heteroatoms. The van der Waals surface area contributed by atoms with E-state index in [1.807, 2.05) is 0 Å². The highest BCUT2D eigenvalue weighted by atomic mass is 35.5. The second-order valence-corrected chi connectivity index (χ2v) is 6.13. The van der Waals surface area contributed by atoms with Gasteiger partial charge in [-0.1, -0.05) is 18.0 Å². The zero-order valence-corrected chi connectivity index (χ0v) is 12.0.